The summed E-state index contributed by atoms with van der Waals surface area (Å²) in [6.07, 6.45) is 0. The number of hydrogen-bond donors (Lipinski definition) is 1. The fourth-order valence-electron chi connectivity index (χ4n) is 2.34. The first-order valence-corrected chi connectivity index (χ1v) is 10.4. The van der Waals surface area contributed by atoms with Crippen LogP contribution in [0.25, 0.3) is 0 Å². The van der Waals surface area contributed by atoms with Crippen LogP contribution in [0.5, 0.6) is 5.75 Å². The van der Waals surface area contributed by atoms with E-state index in [0.717, 1.165) is 15.7 Å². The Morgan fingerprint density at radius 1 is 1.22 bits per heavy atom. The van der Waals surface area contributed by atoms with Crippen molar-refractivity contribution in [3.63, 3.8) is 0 Å². The molecule has 3 aromatic rings. The summed E-state index contributed by atoms with van der Waals surface area (Å²) in [7, 11) is 0. The zero-order valence-corrected chi connectivity index (χ0v) is 17.2. The van der Waals surface area contributed by atoms with Gasteiger partial charge in [0.15, 0.2) is 10.9 Å². The fourth-order valence-corrected chi connectivity index (χ4v) is 4.28. The van der Waals surface area contributed by atoms with Gasteiger partial charge in [-0.25, -0.2) is 0 Å². The Labute approximate surface area is 171 Å². The summed E-state index contributed by atoms with van der Waals surface area (Å²) in [5.74, 6) is 1.15. The number of benzene rings is 2. The molecule has 1 aromatic heterocycles. The van der Waals surface area contributed by atoms with Crippen molar-refractivity contribution in [3.8, 4) is 5.75 Å². The van der Waals surface area contributed by atoms with Crippen LogP contribution < -0.4 is 10.1 Å². The van der Waals surface area contributed by atoms with Crippen LogP contribution in [0, 0.1) is 13.8 Å². The Hall–Kier alpha value is -2.09. The van der Waals surface area contributed by atoms with Crippen LogP contribution in [0.15, 0.2) is 46.8 Å². The van der Waals surface area contributed by atoms with E-state index in [1.54, 1.807) is 30.0 Å². The molecule has 0 bridgehead atoms. The standard InChI is InChI=1S/C19H18ClN3O2S2/c1-12-4-3-5-14(8-12)11-26-19-23-22-18(27-19)21-17(24)10-25-16-7-6-15(20)9-13(16)2/h3-9H,10-11H2,1-2H3,(H,21,22,24). The van der Waals surface area contributed by atoms with Crippen molar-refractivity contribution in [2.75, 3.05) is 11.9 Å². The molecule has 0 saturated heterocycles. The lowest BCUT2D eigenvalue weighted by atomic mass is 10.2. The van der Waals surface area contributed by atoms with Crippen molar-refractivity contribution in [2.24, 2.45) is 0 Å². The van der Waals surface area contributed by atoms with Crippen molar-refractivity contribution in [1.82, 2.24) is 10.2 Å². The van der Waals surface area contributed by atoms with E-state index in [4.69, 9.17) is 16.3 Å². The molecule has 0 aliphatic rings. The van der Waals surface area contributed by atoms with Crippen LogP contribution in [-0.4, -0.2) is 22.7 Å². The number of rotatable bonds is 7. The van der Waals surface area contributed by atoms with Gasteiger partial charge in [-0.15, -0.1) is 10.2 Å². The predicted molar refractivity (Wildman–Crippen MR) is 111 cm³/mol. The summed E-state index contributed by atoms with van der Waals surface area (Å²) < 4.78 is 6.34. The molecule has 1 amide bonds. The molecule has 0 fully saturated rings. The molecule has 2 aromatic carbocycles. The van der Waals surface area contributed by atoms with Crippen molar-refractivity contribution in [3.05, 3.63) is 64.2 Å². The summed E-state index contributed by atoms with van der Waals surface area (Å²) in [5, 5.41) is 11.9. The number of anilines is 1. The summed E-state index contributed by atoms with van der Waals surface area (Å²) in [4.78, 5) is 12.1. The van der Waals surface area contributed by atoms with Gasteiger partial charge in [0.05, 0.1) is 0 Å². The van der Waals surface area contributed by atoms with Crippen molar-refractivity contribution >= 4 is 45.7 Å². The largest absolute Gasteiger partial charge is 0.483 e. The fraction of sp³-hybridized carbons (Fsp3) is 0.211. The van der Waals surface area contributed by atoms with E-state index in [9.17, 15) is 4.79 Å². The molecule has 1 N–H and O–H groups in total. The summed E-state index contributed by atoms with van der Waals surface area (Å²) in [5.41, 5.74) is 3.34. The van der Waals surface area contributed by atoms with Crippen molar-refractivity contribution in [2.45, 2.75) is 23.9 Å². The number of amides is 1. The lowest BCUT2D eigenvalue weighted by molar-refractivity contribution is -0.118. The highest BCUT2D eigenvalue weighted by atomic mass is 35.5. The zero-order chi connectivity index (χ0) is 19.2. The van der Waals surface area contributed by atoms with E-state index in [2.05, 4.69) is 40.6 Å². The van der Waals surface area contributed by atoms with Gasteiger partial charge in [0.2, 0.25) is 5.13 Å². The minimum absolute atomic E-state index is 0.103. The molecule has 0 atom stereocenters. The van der Waals surface area contributed by atoms with E-state index < -0.39 is 0 Å². The summed E-state index contributed by atoms with van der Waals surface area (Å²) in [6.45, 7) is 3.84. The first kappa shape index (κ1) is 19.7. The van der Waals surface area contributed by atoms with Gasteiger partial charge in [0.25, 0.3) is 5.91 Å². The quantitative estimate of drug-likeness (QED) is 0.425. The lowest BCUT2D eigenvalue weighted by Gasteiger charge is -2.08. The van der Waals surface area contributed by atoms with E-state index in [1.807, 2.05) is 13.0 Å². The van der Waals surface area contributed by atoms with Crippen LogP contribution in [0.1, 0.15) is 16.7 Å². The minimum atomic E-state index is -0.282. The number of thioether (sulfide) groups is 1. The predicted octanol–water partition coefficient (Wildman–Crippen LogP) is 5.12. The number of aromatic nitrogens is 2. The Kier molecular flexibility index (Phi) is 6.71. The lowest BCUT2D eigenvalue weighted by Crippen LogP contribution is -2.20. The number of carbonyl (C=O) groups is 1. The van der Waals surface area contributed by atoms with Crippen LogP contribution in [0.4, 0.5) is 5.13 Å². The van der Waals surface area contributed by atoms with Crippen LogP contribution in [0.2, 0.25) is 5.02 Å². The number of halogens is 1. The molecular weight excluding hydrogens is 402 g/mol. The topological polar surface area (TPSA) is 64.1 Å². The Bertz CT molecular complexity index is 946. The monoisotopic (exact) mass is 419 g/mol. The maximum absolute atomic E-state index is 12.1. The summed E-state index contributed by atoms with van der Waals surface area (Å²) >= 11 is 8.85. The van der Waals surface area contributed by atoms with Gasteiger partial charge in [-0.05, 0) is 43.2 Å². The van der Waals surface area contributed by atoms with Gasteiger partial charge in [-0.3, -0.25) is 10.1 Å². The van der Waals surface area contributed by atoms with Gasteiger partial charge in [0, 0.05) is 10.8 Å². The van der Waals surface area contributed by atoms with E-state index in [-0.39, 0.29) is 12.5 Å². The van der Waals surface area contributed by atoms with Gasteiger partial charge in [0.1, 0.15) is 5.75 Å². The molecule has 140 valence electrons. The van der Waals surface area contributed by atoms with Crippen molar-refractivity contribution < 1.29 is 9.53 Å². The molecule has 27 heavy (non-hydrogen) atoms. The highest BCUT2D eigenvalue weighted by Crippen LogP contribution is 2.28. The van der Waals surface area contributed by atoms with Gasteiger partial charge in [-0.2, -0.15) is 0 Å². The number of nitrogens with zero attached hydrogens (tertiary/aromatic N) is 2. The summed E-state index contributed by atoms with van der Waals surface area (Å²) in [6, 6.07) is 13.6. The highest BCUT2D eigenvalue weighted by molar-refractivity contribution is 8.00. The van der Waals surface area contributed by atoms with Crippen LogP contribution in [0.3, 0.4) is 0 Å². The zero-order valence-electron chi connectivity index (χ0n) is 14.9. The molecule has 0 radical (unpaired) electrons. The second-order valence-corrected chi connectivity index (χ2v) is 8.53. The minimum Gasteiger partial charge on any atom is -0.483 e. The number of nitrogens with one attached hydrogen (secondary N) is 1. The Morgan fingerprint density at radius 2 is 2.07 bits per heavy atom. The van der Waals surface area contributed by atoms with E-state index >= 15 is 0 Å². The van der Waals surface area contributed by atoms with Gasteiger partial charge < -0.3 is 4.74 Å². The first-order valence-electron chi connectivity index (χ1n) is 8.20. The Balaban J connectivity index is 1.48. The second-order valence-electron chi connectivity index (χ2n) is 5.90. The van der Waals surface area contributed by atoms with E-state index in [1.165, 1.54) is 22.5 Å². The second kappa shape index (κ2) is 9.21. The highest BCUT2D eigenvalue weighted by Gasteiger charge is 2.10. The molecule has 0 unspecified atom stereocenters. The third kappa shape index (κ3) is 5.95. The molecular formula is C19H18ClN3O2S2. The number of ether oxygens (including phenoxy) is 1. The average molecular weight is 420 g/mol. The molecule has 0 spiro atoms. The Morgan fingerprint density at radius 3 is 2.85 bits per heavy atom. The maximum atomic E-state index is 12.1. The molecule has 1 heterocycles. The van der Waals surface area contributed by atoms with Gasteiger partial charge >= 0.3 is 0 Å². The third-order valence-corrected chi connectivity index (χ3v) is 5.87. The molecule has 8 heteroatoms. The van der Waals surface area contributed by atoms with Crippen molar-refractivity contribution in [1.29, 1.82) is 0 Å². The molecule has 3 rings (SSSR count). The van der Waals surface area contributed by atoms with Crippen LogP contribution in [-0.2, 0) is 10.5 Å². The molecule has 5 nitrogen and oxygen atoms in total. The molecule has 0 aliphatic heterocycles. The van der Waals surface area contributed by atoms with E-state index in [0.29, 0.717) is 15.9 Å². The normalized spacial score (nSPS) is 10.6. The number of aryl methyl sites for hydroxylation is 2. The van der Waals surface area contributed by atoms with Crippen LogP contribution >= 0.6 is 34.7 Å². The smallest absolute Gasteiger partial charge is 0.264 e. The molecule has 0 saturated carbocycles. The SMILES string of the molecule is Cc1cccc(CSc2nnc(NC(=O)COc3ccc(Cl)cc3C)s2)c1. The third-order valence-electron chi connectivity index (χ3n) is 3.59. The maximum Gasteiger partial charge on any atom is 0.264 e. The first-order chi connectivity index (χ1) is 13.0. The number of hydrogen-bond acceptors (Lipinski definition) is 6. The van der Waals surface area contributed by atoms with Gasteiger partial charge in [-0.1, -0.05) is 64.5 Å². The number of carbonyl (C=O) groups excluding carboxylic acids is 1. The average Bonchev–Trinajstić information content (AvgIpc) is 3.06. The molecule has 0 aliphatic carbocycles.